The van der Waals surface area contributed by atoms with Gasteiger partial charge in [-0.15, -0.1) is 13.2 Å². The first-order valence-corrected chi connectivity index (χ1v) is 13.6. The molecule has 0 aliphatic carbocycles. The first kappa shape index (κ1) is 32.1. The van der Waals surface area contributed by atoms with Gasteiger partial charge in [-0.25, -0.2) is 9.59 Å². The van der Waals surface area contributed by atoms with Crippen LogP contribution >= 0.6 is 0 Å². The van der Waals surface area contributed by atoms with Gasteiger partial charge >= 0.3 is 11.9 Å². The second-order valence-electron chi connectivity index (χ2n) is 9.64. The van der Waals surface area contributed by atoms with E-state index < -0.39 is 24.1 Å². The molecule has 0 aliphatic heterocycles. The Labute approximate surface area is 246 Å². The number of benzene rings is 3. The van der Waals surface area contributed by atoms with E-state index >= 15 is 0 Å². The smallest absolute Gasteiger partial charge is 0.333 e. The Morgan fingerprint density at radius 1 is 0.643 bits per heavy atom. The lowest BCUT2D eigenvalue weighted by atomic mass is 10.0. The molecule has 0 heterocycles. The van der Waals surface area contributed by atoms with E-state index in [-0.39, 0.29) is 37.6 Å². The van der Waals surface area contributed by atoms with Gasteiger partial charge in [0.15, 0.2) is 12.2 Å². The highest BCUT2D eigenvalue weighted by atomic mass is 16.6. The van der Waals surface area contributed by atoms with Crippen LogP contribution in [0.25, 0.3) is 21.5 Å². The predicted octanol–water partition coefficient (Wildman–Crippen LogP) is 6.13. The molecule has 42 heavy (non-hydrogen) atoms. The van der Waals surface area contributed by atoms with Gasteiger partial charge in [0.1, 0.15) is 24.7 Å². The summed E-state index contributed by atoms with van der Waals surface area (Å²) in [7, 11) is 0. The lowest BCUT2D eigenvalue weighted by Gasteiger charge is -2.23. The van der Waals surface area contributed by atoms with Crippen LogP contribution in [0.4, 0.5) is 0 Å². The molecule has 0 bridgehead atoms. The first-order valence-electron chi connectivity index (χ1n) is 13.6. The van der Waals surface area contributed by atoms with Crippen LogP contribution in [0.3, 0.4) is 0 Å². The molecule has 0 saturated heterocycles. The van der Waals surface area contributed by atoms with Gasteiger partial charge < -0.3 is 28.4 Å². The van der Waals surface area contributed by atoms with Crippen LogP contribution in [0, 0.1) is 0 Å². The second kappa shape index (κ2) is 16.1. The highest BCUT2D eigenvalue weighted by Gasteiger charge is 2.22. The Kier molecular flexibility index (Phi) is 12.3. The van der Waals surface area contributed by atoms with Crippen molar-refractivity contribution in [3.8, 4) is 11.5 Å². The molecule has 2 unspecified atom stereocenters. The summed E-state index contributed by atoms with van der Waals surface area (Å²) in [5.41, 5.74) is 0.562. The molecule has 222 valence electrons. The van der Waals surface area contributed by atoms with Crippen molar-refractivity contribution >= 4 is 33.5 Å². The Balaban J connectivity index is 1.95. The third-order valence-electron chi connectivity index (χ3n) is 5.98. The highest BCUT2D eigenvalue weighted by molar-refractivity contribution is 6.11. The van der Waals surface area contributed by atoms with E-state index in [1.54, 1.807) is 26.0 Å². The van der Waals surface area contributed by atoms with Crippen LogP contribution in [0.5, 0.6) is 11.5 Å². The molecule has 0 radical (unpaired) electrons. The van der Waals surface area contributed by atoms with Crippen LogP contribution in [-0.4, -0.2) is 63.8 Å². The fourth-order valence-electron chi connectivity index (χ4n) is 4.01. The van der Waals surface area contributed by atoms with E-state index in [1.807, 2.05) is 48.5 Å². The number of ether oxygens (including phenoxy) is 6. The van der Waals surface area contributed by atoms with Crippen molar-refractivity contribution in [2.75, 3.05) is 39.6 Å². The normalized spacial score (nSPS) is 12.2. The van der Waals surface area contributed by atoms with E-state index in [1.165, 1.54) is 0 Å². The number of esters is 2. The van der Waals surface area contributed by atoms with E-state index in [2.05, 4.69) is 26.3 Å². The molecule has 8 nitrogen and oxygen atoms in total. The standard InChI is InChI=1S/C34H38O8/c1-7-17-37-19-25(41-33(35)23(3)4)21-39-31-27-13-9-11-15-29(27)32(30-16-12-10-14-28(30)31)40-22-26(20-38-18-8-2)42-34(36)24(5)6/h7-16,25-26H,1-3,5,17-22H2,4,6H3. The minimum Gasteiger partial charge on any atom is -0.488 e. The molecule has 0 spiro atoms. The van der Waals surface area contributed by atoms with E-state index in [0.717, 1.165) is 21.5 Å². The van der Waals surface area contributed by atoms with Gasteiger partial charge in [-0.3, -0.25) is 0 Å². The van der Waals surface area contributed by atoms with E-state index in [0.29, 0.717) is 24.7 Å². The maximum atomic E-state index is 12.3. The zero-order valence-corrected chi connectivity index (χ0v) is 24.3. The van der Waals surface area contributed by atoms with Gasteiger partial charge in [0.25, 0.3) is 0 Å². The summed E-state index contributed by atoms with van der Waals surface area (Å²) < 4.78 is 35.0. The summed E-state index contributed by atoms with van der Waals surface area (Å²) in [5.74, 6) is 0.160. The second-order valence-corrected chi connectivity index (χ2v) is 9.64. The third kappa shape index (κ3) is 8.80. The summed E-state index contributed by atoms with van der Waals surface area (Å²) in [6, 6.07) is 15.3. The minimum absolute atomic E-state index is 0.0456. The van der Waals surface area contributed by atoms with Gasteiger partial charge in [-0.2, -0.15) is 0 Å². The van der Waals surface area contributed by atoms with Gasteiger partial charge in [-0.1, -0.05) is 73.8 Å². The molecule has 3 aromatic rings. The van der Waals surface area contributed by atoms with Gasteiger partial charge in [0, 0.05) is 32.7 Å². The summed E-state index contributed by atoms with van der Waals surface area (Å²) in [6.07, 6.45) is 1.88. The first-order chi connectivity index (χ1) is 20.3. The summed E-state index contributed by atoms with van der Waals surface area (Å²) in [5, 5.41) is 3.17. The maximum Gasteiger partial charge on any atom is 0.333 e. The number of rotatable bonds is 18. The lowest BCUT2D eigenvalue weighted by molar-refractivity contribution is -0.149. The number of carbonyl (C=O) groups is 2. The summed E-state index contributed by atoms with van der Waals surface area (Å²) in [4.78, 5) is 24.5. The number of carbonyl (C=O) groups excluding carboxylic acids is 2. The van der Waals surface area contributed by atoms with Crippen molar-refractivity contribution in [2.45, 2.75) is 26.1 Å². The van der Waals surface area contributed by atoms with Crippen LogP contribution in [0.15, 0.2) is 98.1 Å². The zero-order valence-electron chi connectivity index (χ0n) is 24.3. The minimum atomic E-state index is -0.679. The molecule has 0 fully saturated rings. The molecule has 0 aliphatic rings. The monoisotopic (exact) mass is 574 g/mol. The molecule has 0 aromatic heterocycles. The fourth-order valence-corrected chi connectivity index (χ4v) is 4.01. The third-order valence-corrected chi connectivity index (χ3v) is 5.98. The zero-order chi connectivity index (χ0) is 30.5. The van der Waals surface area contributed by atoms with Crippen molar-refractivity contribution in [3.63, 3.8) is 0 Å². The topological polar surface area (TPSA) is 89.5 Å². The largest absolute Gasteiger partial charge is 0.488 e. The van der Waals surface area contributed by atoms with Crippen molar-refractivity contribution in [1.29, 1.82) is 0 Å². The molecule has 8 heteroatoms. The quantitative estimate of drug-likeness (QED) is 0.0589. The van der Waals surface area contributed by atoms with E-state index in [9.17, 15) is 9.59 Å². The Bertz CT molecular complexity index is 1280. The van der Waals surface area contributed by atoms with Gasteiger partial charge in [0.05, 0.1) is 26.4 Å². The van der Waals surface area contributed by atoms with Crippen molar-refractivity contribution in [1.82, 2.24) is 0 Å². The Hall–Kier alpha value is -4.40. The van der Waals surface area contributed by atoms with Crippen LogP contribution in [-0.2, 0) is 28.5 Å². The number of hydrogen-bond acceptors (Lipinski definition) is 8. The lowest BCUT2D eigenvalue weighted by Crippen LogP contribution is -2.30. The SMILES string of the molecule is C=CCOCC(COc1c2ccccc2c(OCC(COCC=C)OC(=O)C(=C)C)c2ccccc12)OC(=O)C(=C)C. The summed E-state index contributed by atoms with van der Waals surface area (Å²) >= 11 is 0. The Morgan fingerprint density at radius 3 is 1.26 bits per heavy atom. The molecule has 0 amide bonds. The van der Waals surface area contributed by atoms with Crippen LogP contribution < -0.4 is 9.47 Å². The van der Waals surface area contributed by atoms with Crippen LogP contribution in [0.2, 0.25) is 0 Å². The van der Waals surface area contributed by atoms with E-state index in [4.69, 9.17) is 28.4 Å². The van der Waals surface area contributed by atoms with Crippen molar-refractivity contribution in [2.24, 2.45) is 0 Å². The van der Waals surface area contributed by atoms with Gasteiger partial charge in [-0.05, 0) is 13.8 Å². The predicted molar refractivity (Wildman–Crippen MR) is 164 cm³/mol. The molecule has 3 rings (SSSR count). The van der Waals surface area contributed by atoms with Crippen LogP contribution in [0.1, 0.15) is 13.8 Å². The van der Waals surface area contributed by atoms with Gasteiger partial charge in [0.2, 0.25) is 0 Å². The van der Waals surface area contributed by atoms with Crippen molar-refractivity contribution < 1.29 is 38.0 Å². The number of fused-ring (bicyclic) bond motifs is 2. The number of hydrogen-bond donors (Lipinski definition) is 0. The molecular formula is C34H38O8. The molecule has 3 aromatic carbocycles. The highest BCUT2D eigenvalue weighted by Crippen LogP contribution is 2.42. The average molecular weight is 575 g/mol. The molecular weight excluding hydrogens is 536 g/mol. The summed E-state index contributed by atoms with van der Waals surface area (Å²) in [6.45, 7) is 18.7. The molecule has 0 N–H and O–H groups in total. The molecule has 0 saturated carbocycles. The fraction of sp³-hybridized carbons (Fsp3) is 0.294. The molecule has 2 atom stereocenters. The average Bonchev–Trinajstić information content (AvgIpc) is 2.98. The maximum absolute atomic E-state index is 12.3. The van der Waals surface area contributed by atoms with Crippen molar-refractivity contribution in [3.05, 3.63) is 98.1 Å². The Morgan fingerprint density at radius 2 is 0.976 bits per heavy atom.